The summed E-state index contributed by atoms with van der Waals surface area (Å²) in [6.07, 6.45) is 2.98. The molecule has 1 radical (unpaired) electrons. The lowest BCUT2D eigenvalue weighted by Gasteiger charge is -2.33. The van der Waals surface area contributed by atoms with E-state index in [0.717, 1.165) is 13.0 Å². The predicted molar refractivity (Wildman–Crippen MR) is 26.5 cm³/mol. The van der Waals surface area contributed by atoms with Crippen LogP contribution in [-0.2, 0) is 4.79 Å². The maximum Gasteiger partial charge on any atom is 0.312 e. The third kappa shape index (κ3) is 0.601. The van der Waals surface area contributed by atoms with Gasteiger partial charge in [0, 0.05) is 12.6 Å². The lowest BCUT2D eigenvalue weighted by Crippen LogP contribution is -2.44. The molecule has 1 atom stereocenters. The molecule has 39 valence electrons. The van der Waals surface area contributed by atoms with Gasteiger partial charge in [0.1, 0.15) is 0 Å². The van der Waals surface area contributed by atoms with Gasteiger partial charge in [-0.3, -0.25) is 4.79 Å². The lowest BCUT2D eigenvalue weighted by atomic mass is 10.1. The molecule has 1 amide bonds. The first-order chi connectivity index (χ1) is 3.34. The first-order valence-electron chi connectivity index (χ1n) is 2.49. The number of hydrogen-bond donors (Lipinski definition) is 0. The minimum Gasteiger partial charge on any atom is -0.332 e. The van der Waals surface area contributed by atoms with Crippen LogP contribution in [0.15, 0.2) is 0 Å². The Morgan fingerprint density at radius 1 is 1.86 bits per heavy atom. The Kier molecular flexibility index (Phi) is 1.01. The fourth-order valence-electron chi connectivity index (χ4n) is 0.652. The Morgan fingerprint density at radius 2 is 2.57 bits per heavy atom. The summed E-state index contributed by atoms with van der Waals surface area (Å²) in [6, 6.07) is 0.456. The summed E-state index contributed by atoms with van der Waals surface area (Å²) in [5.41, 5.74) is 0. The fraction of sp³-hybridized carbons (Fsp3) is 0.800. The van der Waals surface area contributed by atoms with E-state index in [1.54, 1.807) is 4.90 Å². The Morgan fingerprint density at radius 3 is 2.57 bits per heavy atom. The molecule has 1 rings (SSSR count). The third-order valence-corrected chi connectivity index (χ3v) is 1.44. The molecule has 2 nitrogen and oxygen atoms in total. The van der Waals surface area contributed by atoms with Gasteiger partial charge in [-0.05, 0) is 13.3 Å². The lowest BCUT2D eigenvalue weighted by molar-refractivity contribution is 0.194. The standard InChI is InChI=1S/C5H8NO/c1-5-2-3-6(5)4-7/h5H,2-3H2,1H3. The number of carbonyl (C=O) groups excluding carboxylic acids is 1. The molecule has 1 unspecified atom stereocenters. The number of rotatable bonds is 1. The highest BCUT2D eigenvalue weighted by Crippen LogP contribution is 2.11. The number of amides is 1. The molecule has 0 N–H and O–H groups in total. The van der Waals surface area contributed by atoms with Gasteiger partial charge in [0.25, 0.3) is 0 Å². The van der Waals surface area contributed by atoms with Gasteiger partial charge in [-0.15, -0.1) is 0 Å². The molecular weight excluding hydrogens is 90.1 g/mol. The van der Waals surface area contributed by atoms with Crippen molar-refractivity contribution in [3.8, 4) is 0 Å². The third-order valence-electron chi connectivity index (χ3n) is 1.44. The number of hydrogen-bond acceptors (Lipinski definition) is 1. The van der Waals surface area contributed by atoms with Crippen LogP contribution >= 0.6 is 0 Å². The van der Waals surface area contributed by atoms with Gasteiger partial charge in [0.2, 0.25) is 0 Å². The van der Waals surface area contributed by atoms with E-state index in [9.17, 15) is 4.79 Å². The van der Waals surface area contributed by atoms with Crippen molar-refractivity contribution in [2.75, 3.05) is 6.54 Å². The van der Waals surface area contributed by atoms with Crippen molar-refractivity contribution in [3.05, 3.63) is 0 Å². The molecule has 2 heteroatoms. The van der Waals surface area contributed by atoms with Gasteiger partial charge in [-0.1, -0.05) is 0 Å². The summed E-state index contributed by atoms with van der Waals surface area (Å²) < 4.78 is 0. The van der Waals surface area contributed by atoms with E-state index in [0.29, 0.717) is 6.04 Å². The molecular formula is C5H8NO. The van der Waals surface area contributed by atoms with Gasteiger partial charge < -0.3 is 4.90 Å². The van der Waals surface area contributed by atoms with E-state index < -0.39 is 0 Å². The van der Waals surface area contributed by atoms with Gasteiger partial charge in [0.15, 0.2) is 0 Å². The smallest absolute Gasteiger partial charge is 0.312 e. The van der Waals surface area contributed by atoms with E-state index in [1.165, 1.54) is 0 Å². The molecule has 0 aromatic rings. The van der Waals surface area contributed by atoms with Crippen molar-refractivity contribution >= 4 is 6.41 Å². The van der Waals surface area contributed by atoms with E-state index >= 15 is 0 Å². The van der Waals surface area contributed by atoms with E-state index in [2.05, 4.69) is 0 Å². The first kappa shape index (κ1) is 4.62. The molecule has 1 saturated heterocycles. The second-order valence-corrected chi connectivity index (χ2v) is 1.92. The molecule has 0 bridgehead atoms. The number of likely N-dealkylation sites (tertiary alicyclic amines) is 1. The van der Waals surface area contributed by atoms with Crippen LogP contribution in [0.2, 0.25) is 0 Å². The molecule has 1 heterocycles. The Hall–Kier alpha value is -0.530. The van der Waals surface area contributed by atoms with Gasteiger partial charge in [-0.2, -0.15) is 0 Å². The molecule has 7 heavy (non-hydrogen) atoms. The van der Waals surface area contributed by atoms with Crippen molar-refractivity contribution in [2.45, 2.75) is 19.4 Å². The molecule has 0 saturated carbocycles. The second-order valence-electron chi connectivity index (χ2n) is 1.92. The highest BCUT2D eigenvalue weighted by atomic mass is 16.1. The highest BCUT2D eigenvalue weighted by Gasteiger charge is 2.21. The second kappa shape index (κ2) is 1.52. The van der Waals surface area contributed by atoms with Crippen molar-refractivity contribution < 1.29 is 4.79 Å². The van der Waals surface area contributed by atoms with Crippen LogP contribution < -0.4 is 0 Å². The average Bonchev–Trinajstić information content (AvgIpc) is 1.65. The number of nitrogens with zero attached hydrogens (tertiary/aromatic N) is 1. The minimum absolute atomic E-state index is 0.456. The monoisotopic (exact) mass is 98.1 g/mol. The summed E-state index contributed by atoms with van der Waals surface area (Å²) in [4.78, 5) is 11.5. The summed E-state index contributed by atoms with van der Waals surface area (Å²) in [6.45, 7) is 2.93. The maximum atomic E-state index is 9.80. The first-order valence-corrected chi connectivity index (χ1v) is 2.49. The van der Waals surface area contributed by atoms with E-state index in [1.807, 2.05) is 13.3 Å². The van der Waals surface area contributed by atoms with Gasteiger partial charge in [-0.25, -0.2) is 0 Å². The highest BCUT2D eigenvalue weighted by molar-refractivity contribution is 5.50. The molecule has 1 aliphatic rings. The molecule has 0 aromatic carbocycles. The van der Waals surface area contributed by atoms with Crippen LogP contribution in [0.5, 0.6) is 0 Å². The molecule has 1 fully saturated rings. The van der Waals surface area contributed by atoms with Gasteiger partial charge >= 0.3 is 6.41 Å². The quantitative estimate of drug-likeness (QED) is 0.457. The van der Waals surface area contributed by atoms with Gasteiger partial charge in [0.05, 0.1) is 0 Å². The van der Waals surface area contributed by atoms with Crippen LogP contribution in [0.3, 0.4) is 0 Å². The predicted octanol–water partition coefficient (Wildman–Crippen LogP) is 0.148. The Balaban J connectivity index is 2.28. The van der Waals surface area contributed by atoms with Crippen LogP contribution in [0.25, 0.3) is 0 Å². The Labute approximate surface area is 43.1 Å². The topological polar surface area (TPSA) is 20.3 Å². The van der Waals surface area contributed by atoms with Crippen molar-refractivity contribution in [2.24, 2.45) is 0 Å². The van der Waals surface area contributed by atoms with Crippen molar-refractivity contribution in [3.63, 3.8) is 0 Å². The molecule has 0 aromatic heterocycles. The van der Waals surface area contributed by atoms with Crippen molar-refractivity contribution in [1.82, 2.24) is 4.90 Å². The molecule has 1 aliphatic heterocycles. The van der Waals surface area contributed by atoms with Crippen LogP contribution in [0, 0.1) is 0 Å². The van der Waals surface area contributed by atoms with E-state index in [-0.39, 0.29) is 0 Å². The summed E-state index contributed by atoms with van der Waals surface area (Å²) in [7, 11) is 0. The van der Waals surface area contributed by atoms with Crippen LogP contribution in [-0.4, -0.2) is 23.9 Å². The zero-order valence-corrected chi connectivity index (χ0v) is 4.35. The van der Waals surface area contributed by atoms with Crippen molar-refractivity contribution in [1.29, 1.82) is 0 Å². The largest absolute Gasteiger partial charge is 0.332 e. The summed E-state index contributed by atoms with van der Waals surface area (Å²) in [5.74, 6) is 0. The average molecular weight is 98.1 g/mol. The minimum atomic E-state index is 0.456. The van der Waals surface area contributed by atoms with Crippen LogP contribution in [0.4, 0.5) is 0 Å². The van der Waals surface area contributed by atoms with E-state index in [4.69, 9.17) is 0 Å². The molecule has 0 aliphatic carbocycles. The van der Waals surface area contributed by atoms with Crippen LogP contribution in [0.1, 0.15) is 13.3 Å². The summed E-state index contributed by atoms with van der Waals surface area (Å²) in [5, 5.41) is 0. The maximum absolute atomic E-state index is 9.80. The normalized spacial score (nSPS) is 29.3. The fourth-order valence-corrected chi connectivity index (χ4v) is 0.652. The zero-order valence-electron chi connectivity index (χ0n) is 4.35. The zero-order chi connectivity index (χ0) is 5.28. The SMILES string of the molecule is CC1CCN1[C]=O. The molecule has 0 spiro atoms. The summed E-state index contributed by atoms with van der Waals surface area (Å²) >= 11 is 0. The Bertz CT molecular complexity index is 82.1.